The number of carbonyl (C=O) groups is 7. The molecule has 1 heterocycles. The van der Waals surface area contributed by atoms with Crippen LogP contribution in [0.3, 0.4) is 0 Å². The van der Waals surface area contributed by atoms with Crippen molar-refractivity contribution < 1.29 is 48.5 Å². The third-order valence-electron chi connectivity index (χ3n) is 10.0. The van der Waals surface area contributed by atoms with Crippen LogP contribution in [0.25, 0.3) is 0 Å². The van der Waals surface area contributed by atoms with Crippen LogP contribution in [-0.2, 0) is 41.6 Å². The van der Waals surface area contributed by atoms with Crippen LogP contribution in [0.4, 0.5) is 9.59 Å². The van der Waals surface area contributed by atoms with Gasteiger partial charge >= 0.3 is 18.2 Å². The van der Waals surface area contributed by atoms with Gasteiger partial charge in [-0.2, -0.15) is 0 Å². The highest BCUT2D eigenvalue weighted by atomic mass is 16.6. The van der Waals surface area contributed by atoms with Crippen LogP contribution in [0.2, 0.25) is 0 Å². The predicted octanol–water partition coefficient (Wildman–Crippen LogP) is 3.05. The van der Waals surface area contributed by atoms with Crippen LogP contribution < -0.4 is 27.0 Å². The van der Waals surface area contributed by atoms with Crippen molar-refractivity contribution in [2.45, 2.75) is 115 Å². The minimum Gasteiger partial charge on any atom is -0.480 e. The zero-order valence-corrected chi connectivity index (χ0v) is 35.4. The molecule has 6 amide bonds. The van der Waals surface area contributed by atoms with E-state index >= 15 is 0 Å². The number of amides is 6. The number of nitrogens with zero attached hydrogens (tertiary/aromatic N) is 2. The van der Waals surface area contributed by atoms with Crippen LogP contribution in [0, 0.1) is 5.92 Å². The number of likely N-dealkylation sites (tertiary alicyclic amines) is 1. The lowest BCUT2D eigenvalue weighted by molar-refractivity contribution is -0.149. The Bertz CT molecular complexity index is 1750. The third kappa shape index (κ3) is 16.2. The number of hydrogen-bond donors (Lipinski definition) is 7. The molecule has 1 aliphatic rings. The molecule has 17 heteroatoms. The van der Waals surface area contributed by atoms with Gasteiger partial charge in [0.05, 0.1) is 0 Å². The maximum atomic E-state index is 14.2. The van der Waals surface area contributed by atoms with Crippen molar-refractivity contribution in [3.05, 3.63) is 71.8 Å². The highest BCUT2D eigenvalue weighted by molar-refractivity contribution is 5.95. The minimum absolute atomic E-state index is 0.0641. The van der Waals surface area contributed by atoms with Gasteiger partial charge in [-0.05, 0) is 89.3 Å². The molecule has 3 rings (SSSR count). The Morgan fingerprint density at radius 2 is 1.38 bits per heavy atom. The van der Waals surface area contributed by atoms with Crippen molar-refractivity contribution in [1.82, 2.24) is 31.1 Å². The van der Waals surface area contributed by atoms with Gasteiger partial charge in [0.1, 0.15) is 35.8 Å². The number of ether oxygens (including phenoxy) is 1. The lowest BCUT2D eigenvalue weighted by atomic mass is 9.87. The number of aliphatic carboxylic acids is 1. The van der Waals surface area contributed by atoms with Gasteiger partial charge in [-0.15, -0.1) is 0 Å². The summed E-state index contributed by atoms with van der Waals surface area (Å²) in [6.07, 6.45) is -0.568. The molecule has 1 fully saturated rings. The standard InChI is InChI=1S/C43H63N7O10/c1-29(2)26-33(36(52)46-32(18-12-13-22-44)38(54)49-24-20-43(21-25-49,39(55)56)48-40(57)58)47-37(53)34(27-31-16-10-7-11-17-31)45-35(51)28-50(41(59)60-42(3,4)5)23-19-30-14-8-6-9-15-30/h6-11,14-17,29,32-34,48H,12-13,18-28,44H2,1-5H3,(H,45,51)(H,46,52)(H,47,53)(H,55,56)(H,57,58)/t32-,33-,34-/m1/s1. The molecular weight excluding hydrogens is 775 g/mol. The van der Waals surface area contributed by atoms with Gasteiger partial charge in [0.15, 0.2) is 0 Å². The Labute approximate surface area is 352 Å². The first-order valence-electron chi connectivity index (χ1n) is 20.5. The Balaban J connectivity index is 1.82. The van der Waals surface area contributed by atoms with Crippen molar-refractivity contribution in [3.63, 3.8) is 0 Å². The van der Waals surface area contributed by atoms with Crippen LogP contribution in [-0.4, -0.2) is 124 Å². The molecule has 0 aromatic heterocycles. The molecule has 2 aromatic carbocycles. The molecule has 0 radical (unpaired) electrons. The maximum Gasteiger partial charge on any atom is 0.410 e. The highest BCUT2D eigenvalue weighted by Gasteiger charge is 2.45. The zero-order valence-electron chi connectivity index (χ0n) is 35.4. The molecule has 1 saturated heterocycles. The highest BCUT2D eigenvalue weighted by Crippen LogP contribution is 2.24. The Morgan fingerprint density at radius 3 is 1.92 bits per heavy atom. The third-order valence-corrected chi connectivity index (χ3v) is 10.0. The topological polar surface area (TPSA) is 250 Å². The van der Waals surface area contributed by atoms with Crippen LogP contribution in [0.15, 0.2) is 60.7 Å². The van der Waals surface area contributed by atoms with Gasteiger partial charge in [0.25, 0.3) is 0 Å². The van der Waals surface area contributed by atoms with Crippen LogP contribution in [0.5, 0.6) is 0 Å². The minimum atomic E-state index is -1.75. The molecule has 0 spiro atoms. The van der Waals surface area contributed by atoms with E-state index < -0.39 is 77.6 Å². The van der Waals surface area contributed by atoms with E-state index in [1.165, 1.54) is 9.80 Å². The molecule has 0 bridgehead atoms. The molecule has 0 saturated carbocycles. The normalized spacial score (nSPS) is 15.2. The summed E-state index contributed by atoms with van der Waals surface area (Å²) in [7, 11) is 0. The smallest absolute Gasteiger partial charge is 0.410 e. The van der Waals surface area contributed by atoms with E-state index in [1.807, 2.05) is 50.2 Å². The van der Waals surface area contributed by atoms with E-state index in [0.717, 1.165) is 11.1 Å². The fraction of sp³-hybridized carbons (Fsp3) is 0.558. The van der Waals surface area contributed by atoms with E-state index in [4.69, 9.17) is 10.5 Å². The molecule has 8 N–H and O–H groups in total. The van der Waals surface area contributed by atoms with Crippen LogP contribution in [0.1, 0.15) is 84.3 Å². The van der Waals surface area contributed by atoms with E-state index in [0.29, 0.717) is 25.8 Å². The predicted molar refractivity (Wildman–Crippen MR) is 224 cm³/mol. The molecule has 0 aliphatic carbocycles. The van der Waals surface area contributed by atoms with Crippen molar-refractivity contribution in [3.8, 4) is 0 Å². The number of unbranched alkanes of at least 4 members (excludes halogenated alkanes) is 1. The summed E-state index contributed by atoms with van der Waals surface area (Å²) in [4.78, 5) is 95.2. The summed E-state index contributed by atoms with van der Waals surface area (Å²) < 4.78 is 5.61. The molecule has 2 aromatic rings. The molecule has 17 nitrogen and oxygen atoms in total. The average molecular weight is 838 g/mol. The van der Waals surface area contributed by atoms with E-state index in [1.54, 1.807) is 45.0 Å². The summed E-state index contributed by atoms with van der Waals surface area (Å²) in [5.74, 6) is -3.81. The Morgan fingerprint density at radius 1 is 0.817 bits per heavy atom. The average Bonchev–Trinajstić information content (AvgIpc) is 3.18. The molecule has 1 aliphatic heterocycles. The molecular formula is C43H63N7O10. The van der Waals surface area contributed by atoms with Crippen molar-refractivity contribution >= 4 is 41.8 Å². The molecule has 60 heavy (non-hydrogen) atoms. The maximum absolute atomic E-state index is 14.2. The number of carboxylic acid groups (broad SMARTS) is 2. The summed E-state index contributed by atoms with van der Waals surface area (Å²) in [5, 5.41) is 29.5. The quantitative estimate of drug-likeness (QED) is 0.0901. The lowest BCUT2D eigenvalue weighted by Crippen LogP contribution is -2.62. The van der Waals surface area contributed by atoms with Gasteiger partial charge in [0.2, 0.25) is 23.6 Å². The number of nitrogens with two attached hydrogens (primary N) is 1. The zero-order chi connectivity index (χ0) is 44.5. The number of rotatable bonds is 21. The summed E-state index contributed by atoms with van der Waals surface area (Å²) in [6, 6.07) is 15.1. The van der Waals surface area contributed by atoms with Gasteiger partial charge in [-0.3, -0.25) is 24.1 Å². The van der Waals surface area contributed by atoms with Crippen molar-refractivity contribution in [2.75, 3.05) is 32.7 Å². The molecule has 330 valence electrons. The summed E-state index contributed by atoms with van der Waals surface area (Å²) >= 11 is 0. The molecule has 0 unspecified atom stereocenters. The Hall–Kier alpha value is -5.71. The van der Waals surface area contributed by atoms with E-state index in [2.05, 4.69) is 21.3 Å². The fourth-order valence-corrected chi connectivity index (χ4v) is 6.87. The second-order valence-corrected chi connectivity index (χ2v) is 16.6. The first-order chi connectivity index (χ1) is 28.3. The van der Waals surface area contributed by atoms with Gasteiger partial charge in [0, 0.05) is 26.1 Å². The van der Waals surface area contributed by atoms with Gasteiger partial charge in [-0.25, -0.2) is 14.4 Å². The molecule has 3 atom stereocenters. The second kappa shape index (κ2) is 23.2. The summed E-state index contributed by atoms with van der Waals surface area (Å²) in [6.45, 7) is 8.89. The summed E-state index contributed by atoms with van der Waals surface area (Å²) in [5.41, 5.74) is 4.82. The van der Waals surface area contributed by atoms with E-state index in [9.17, 15) is 43.8 Å². The van der Waals surface area contributed by atoms with Crippen molar-refractivity contribution in [1.29, 1.82) is 0 Å². The number of piperidine rings is 1. The van der Waals surface area contributed by atoms with Gasteiger partial charge in [-0.1, -0.05) is 74.5 Å². The first-order valence-corrected chi connectivity index (χ1v) is 20.5. The number of benzene rings is 2. The number of carboxylic acids is 1. The van der Waals surface area contributed by atoms with Crippen molar-refractivity contribution in [2.24, 2.45) is 11.7 Å². The fourth-order valence-electron chi connectivity index (χ4n) is 6.87. The number of carbonyl (C=O) groups excluding carboxylic acids is 5. The Kier molecular flexibility index (Phi) is 18.8. The first kappa shape index (κ1) is 48.7. The SMILES string of the molecule is CC(C)C[C@@H](NC(=O)[C@@H](Cc1ccccc1)NC(=O)CN(CCc1ccccc1)C(=O)OC(C)(C)C)C(=O)N[C@H](CCCCN)C(=O)N1CCC(NC(=O)O)(C(=O)O)CC1. The monoisotopic (exact) mass is 837 g/mol. The number of nitrogens with one attached hydrogen (secondary N) is 4. The lowest BCUT2D eigenvalue weighted by Gasteiger charge is -2.39. The van der Waals surface area contributed by atoms with E-state index in [-0.39, 0.29) is 57.7 Å². The van der Waals surface area contributed by atoms with Crippen LogP contribution >= 0.6 is 0 Å². The second-order valence-electron chi connectivity index (χ2n) is 16.6. The van der Waals surface area contributed by atoms with Gasteiger partial charge < -0.3 is 46.9 Å². The largest absolute Gasteiger partial charge is 0.480 e. The number of hydrogen-bond acceptors (Lipinski definition) is 9.